The highest BCUT2D eigenvalue weighted by Gasteiger charge is 2.25. The maximum absolute atomic E-state index is 11.8. The lowest BCUT2D eigenvalue weighted by Crippen LogP contribution is -2.44. The first kappa shape index (κ1) is 16.8. The molecule has 0 fully saturated rings. The zero-order valence-electron chi connectivity index (χ0n) is 11.5. The van der Waals surface area contributed by atoms with E-state index in [-0.39, 0.29) is 12.0 Å². The Morgan fingerprint density at radius 1 is 1.35 bits per heavy atom. The van der Waals surface area contributed by atoms with E-state index in [0.717, 1.165) is 12.8 Å². The van der Waals surface area contributed by atoms with Crippen molar-refractivity contribution in [2.75, 3.05) is 20.1 Å². The predicted molar refractivity (Wildman–Crippen MR) is 69.9 cm³/mol. The van der Waals surface area contributed by atoms with Crippen molar-refractivity contribution in [3.05, 3.63) is 0 Å². The van der Waals surface area contributed by atoms with Gasteiger partial charge in [-0.05, 0) is 11.8 Å². The van der Waals surface area contributed by atoms with Crippen LogP contribution in [0.4, 0.5) is 0 Å². The van der Waals surface area contributed by atoms with Crippen LogP contribution in [0.25, 0.3) is 0 Å². The minimum atomic E-state index is -3.46. The summed E-state index contributed by atoms with van der Waals surface area (Å²) in [6.45, 7) is 8.16. The first-order chi connectivity index (χ1) is 7.61. The van der Waals surface area contributed by atoms with E-state index in [1.165, 1.54) is 4.31 Å². The van der Waals surface area contributed by atoms with Gasteiger partial charge in [-0.15, -0.1) is 0 Å². The smallest absolute Gasteiger partial charge is 0.279 e. The van der Waals surface area contributed by atoms with Crippen LogP contribution in [-0.4, -0.2) is 44.1 Å². The number of nitrogens with zero attached hydrogens (tertiary/aromatic N) is 1. The van der Waals surface area contributed by atoms with Crippen LogP contribution in [0.2, 0.25) is 0 Å². The Labute approximate surface area is 105 Å². The molecule has 2 N–H and O–H groups in total. The van der Waals surface area contributed by atoms with E-state index in [2.05, 4.69) is 4.72 Å². The van der Waals surface area contributed by atoms with Gasteiger partial charge in [0.2, 0.25) is 0 Å². The second-order valence-electron chi connectivity index (χ2n) is 5.41. The van der Waals surface area contributed by atoms with Crippen molar-refractivity contribution >= 4 is 10.2 Å². The maximum atomic E-state index is 11.8. The molecule has 0 aromatic rings. The Hall–Kier alpha value is -0.170. The number of unbranched alkanes of at least 4 members (excludes halogenated alkanes) is 1. The van der Waals surface area contributed by atoms with Crippen molar-refractivity contribution in [2.45, 2.75) is 46.6 Å². The fourth-order valence-corrected chi connectivity index (χ4v) is 2.06. The highest BCUT2D eigenvalue weighted by Crippen LogP contribution is 2.18. The van der Waals surface area contributed by atoms with Crippen LogP contribution < -0.4 is 4.72 Å². The summed E-state index contributed by atoms with van der Waals surface area (Å²) in [5.74, 6) is 0. The molecular weight excluding hydrogens is 240 g/mol. The third-order valence-electron chi connectivity index (χ3n) is 2.70. The largest absolute Gasteiger partial charge is 0.391 e. The van der Waals surface area contributed by atoms with Gasteiger partial charge in [-0.25, -0.2) is 0 Å². The molecular formula is C11H26N2O3S. The average molecular weight is 266 g/mol. The molecule has 0 aliphatic carbocycles. The van der Waals surface area contributed by atoms with Crippen LogP contribution >= 0.6 is 0 Å². The van der Waals surface area contributed by atoms with Gasteiger partial charge in [0, 0.05) is 20.1 Å². The lowest BCUT2D eigenvalue weighted by molar-refractivity contribution is 0.0673. The van der Waals surface area contributed by atoms with Crippen molar-refractivity contribution < 1.29 is 13.5 Å². The van der Waals surface area contributed by atoms with Gasteiger partial charge in [0.15, 0.2) is 0 Å². The molecule has 0 amide bonds. The monoisotopic (exact) mass is 266 g/mol. The maximum Gasteiger partial charge on any atom is 0.279 e. The van der Waals surface area contributed by atoms with E-state index in [1.807, 2.05) is 27.7 Å². The molecule has 0 bridgehead atoms. The molecule has 0 aliphatic rings. The molecule has 0 radical (unpaired) electrons. The standard InChI is InChI=1S/C11H26N2O3S/c1-6-7-8-13(5)17(15,16)12-9-10(14)11(2,3)4/h10,12,14H,6-9H2,1-5H3. The summed E-state index contributed by atoms with van der Waals surface area (Å²) in [5.41, 5.74) is -0.329. The second-order valence-corrected chi connectivity index (χ2v) is 7.27. The lowest BCUT2D eigenvalue weighted by Gasteiger charge is -2.27. The quantitative estimate of drug-likeness (QED) is 0.721. The van der Waals surface area contributed by atoms with E-state index in [1.54, 1.807) is 7.05 Å². The third kappa shape index (κ3) is 6.35. The molecule has 0 heterocycles. The highest BCUT2D eigenvalue weighted by molar-refractivity contribution is 7.87. The summed E-state index contributed by atoms with van der Waals surface area (Å²) < 4.78 is 27.2. The van der Waals surface area contributed by atoms with Gasteiger partial charge >= 0.3 is 0 Å². The molecule has 1 unspecified atom stereocenters. The van der Waals surface area contributed by atoms with E-state index in [9.17, 15) is 13.5 Å². The first-order valence-corrected chi connectivity index (χ1v) is 7.44. The van der Waals surface area contributed by atoms with Crippen molar-refractivity contribution in [1.82, 2.24) is 9.03 Å². The van der Waals surface area contributed by atoms with Gasteiger partial charge in [0.05, 0.1) is 6.10 Å². The Bertz CT molecular complexity index is 309. The van der Waals surface area contributed by atoms with E-state index >= 15 is 0 Å². The number of hydrogen-bond acceptors (Lipinski definition) is 3. The van der Waals surface area contributed by atoms with Gasteiger partial charge in [-0.2, -0.15) is 17.4 Å². The second kappa shape index (κ2) is 6.68. The number of nitrogens with one attached hydrogen (secondary N) is 1. The molecule has 0 spiro atoms. The highest BCUT2D eigenvalue weighted by atomic mass is 32.2. The minimum absolute atomic E-state index is 0.0439. The minimum Gasteiger partial charge on any atom is -0.391 e. The van der Waals surface area contributed by atoms with Crippen LogP contribution in [0.15, 0.2) is 0 Å². The van der Waals surface area contributed by atoms with Crippen molar-refractivity contribution in [1.29, 1.82) is 0 Å². The Balaban J connectivity index is 4.27. The van der Waals surface area contributed by atoms with E-state index < -0.39 is 16.3 Å². The summed E-state index contributed by atoms with van der Waals surface area (Å²) in [5, 5.41) is 9.76. The zero-order valence-corrected chi connectivity index (χ0v) is 12.3. The van der Waals surface area contributed by atoms with Crippen LogP contribution in [0.1, 0.15) is 40.5 Å². The van der Waals surface area contributed by atoms with Gasteiger partial charge in [-0.3, -0.25) is 0 Å². The van der Waals surface area contributed by atoms with E-state index in [4.69, 9.17) is 0 Å². The summed E-state index contributed by atoms with van der Waals surface area (Å²) in [6.07, 6.45) is 1.08. The summed E-state index contributed by atoms with van der Waals surface area (Å²) >= 11 is 0. The molecule has 104 valence electrons. The molecule has 5 nitrogen and oxygen atoms in total. The summed E-state index contributed by atoms with van der Waals surface area (Å²) in [4.78, 5) is 0. The van der Waals surface area contributed by atoms with Crippen molar-refractivity contribution in [2.24, 2.45) is 5.41 Å². The third-order valence-corrected chi connectivity index (χ3v) is 4.23. The summed E-state index contributed by atoms with van der Waals surface area (Å²) in [6, 6.07) is 0. The number of rotatable bonds is 7. The van der Waals surface area contributed by atoms with Crippen molar-refractivity contribution in [3.63, 3.8) is 0 Å². The van der Waals surface area contributed by atoms with E-state index in [0.29, 0.717) is 6.54 Å². The van der Waals surface area contributed by atoms with Gasteiger partial charge in [0.25, 0.3) is 10.2 Å². The molecule has 0 rings (SSSR count). The summed E-state index contributed by atoms with van der Waals surface area (Å²) in [7, 11) is -1.92. The molecule has 6 heteroatoms. The van der Waals surface area contributed by atoms with Crippen LogP contribution in [-0.2, 0) is 10.2 Å². The van der Waals surface area contributed by atoms with Gasteiger partial charge < -0.3 is 5.11 Å². The SMILES string of the molecule is CCCCN(C)S(=O)(=O)NCC(O)C(C)(C)C. The normalized spacial score (nSPS) is 15.2. The van der Waals surface area contributed by atoms with Crippen LogP contribution in [0, 0.1) is 5.41 Å². The molecule has 0 aromatic carbocycles. The lowest BCUT2D eigenvalue weighted by atomic mass is 9.89. The number of aliphatic hydroxyl groups excluding tert-OH is 1. The van der Waals surface area contributed by atoms with Crippen molar-refractivity contribution in [3.8, 4) is 0 Å². The fraction of sp³-hybridized carbons (Fsp3) is 1.00. The van der Waals surface area contributed by atoms with Crippen LogP contribution in [0.5, 0.6) is 0 Å². The van der Waals surface area contributed by atoms with Gasteiger partial charge in [0.1, 0.15) is 0 Å². The Morgan fingerprint density at radius 2 is 1.88 bits per heavy atom. The Morgan fingerprint density at radius 3 is 2.29 bits per heavy atom. The average Bonchev–Trinajstić information content (AvgIpc) is 2.20. The van der Waals surface area contributed by atoms with Gasteiger partial charge in [-0.1, -0.05) is 34.1 Å². The molecule has 0 saturated carbocycles. The topological polar surface area (TPSA) is 69.6 Å². The number of aliphatic hydroxyl groups is 1. The van der Waals surface area contributed by atoms with Crippen LogP contribution in [0.3, 0.4) is 0 Å². The zero-order chi connectivity index (χ0) is 13.7. The Kier molecular flexibility index (Phi) is 6.61. The molecule has 17 heavy (non-hydrogen) atoms. The predicted octanol–water partition coefficient (Wildman–Crippen LogP) is 0.960. The molecule has 0 saturated heterocycles. The molecule has 0 aromatic heterocycles. The number of hydrogen-bond donors (Lipinski definition) is 2. The molecule has 0 aliphatic heterocycles. The fourth-order valence-electron chi connectivity index (χ4n) is 1.10. The first-order valence-electron chi connectivity index (χ1n) is 6.00. The molecule has 1 atom stereocenters.